The van der Waals surface area contributed by atoms with Gasteiger partial charge in [0.05, 0.1) is 26.7 Å². The van der Waals surface area contributed by atoms with Crippen LogP contribution in [0.25, 0.3) is 22.3 Å². The predicted octanol–water partition coefficient (Wildman–Crippen LogP) is 5.37. The molecule has 0 atom stereocenters. The fraction of sp³-hybridized carbons (Fsp3) is 0.192. The molecular formula is C26H24O6. The summed E-state index contributed by atoms with van der Waals surface area (Å²) >= 11 is 0. The van der Waals surface area contributed by atoms with Gasteiger partial charge in [-0.25, -0.2) is 0 Å². The molecule has 0 saturated heterocycles. The van der Waals surface area contributed by atoms with Gasteiger partial charge >= 0.3 is 0 Å². The summed E-state index contributed by atoms with van der Waals surface area (Å²) in [5.41, 5.74) is 3.18. The molecule has 0 fully saturated rings. The maximum Gasteiger partial charge on any atom is 0.203 e. The van der Waals surface area contributed by atoms with Crippen LogP contribution in [0, 0.1) is 6.92 Å². The molecule has 4 aromatic rings. The number of aryl methyl sites for hydroxylation is 1. The number of rotatable bonds is 7. The average molecular weight is 432 g/mol. The Balaban J connectivity index is 1.67. The van der Waals surface area contributed by atoms with Gasteiger partial charge in [-0.05, 0) is 42.8 Å². The van der Waals surface area contributed by atoms with Crippen LogP contribution in [0.1, 0.15) is 11.1 Å². The molecule has 0 aliphatic carbocycles. The normalized spacial score (nSPS) is 10.8. The highest BCUT2D eigenvalue weighted by molar-refractivity contribution is 5.80. The molecule has 164 valence electrons. The Bertz CT molecular complexity index is 1280. The molecule has 0 N–H and O–H groups in total. The molecule has 0 saturated carbocycles. The van der Waals surface area contributed by atoms with Crippen LogP contribution in [-0.2, 0) is 6.61 Å². The quantitative estimate of drug-likeness (QED) is 0.391. The standard InChI is InChI=1S/C26H24O6/c1-16-5-7-17(8-6-16)15-31-19-9-10-22-20(13-19)21(27)14-23(32-22)18-11-24(28-2)26(30-4)25(12-18)29-3/h5-14H,15H2,1-4H3. The minimum atomic E-state index is -0.171. The van der Waals surface area contributed by atoms with Crippen molar-refractivity contribution in [1.29, 1.82) is 0 Å². The topological polar surface area (TPSA) is 67.1 Å². The third-order valence-corrected chi connectivity index (χ3v) is 5.17. The van der Waals surface area contributed by atoms with Gasteiger partial charge in [0.25, 0.3) is 0 Å². The molecule has 0 aliphatic rings. The summed E-state index contributed by atoms with van der Waals surface area (Å²) in [4.78, 5) is 12.9. The minimum absolute atomic E-state index is 0.171. The van der Waals surface area contributed by atoms with E-state index < -0.39 is 0 Å². The van der Waals surface area contributed by atoms with Crippen molar-refractivity contribution in [1.82, 2.24) is 0 Å². The third-order valence-electron chi connectivity index (χ3n) is 5.17. The lowest BCUT2D eigenvalue weighted by molar-refractivity contribution is 0.306. The summed E-state index contributed by atoms with van der Waals surface area (Å²) in [7, 11) is 4.61. The average Bonchev–Trinajstić information content (AvgIpc) is 2.82. The van der Waals surface area contributed by atoms with Crippen molar-refractivity contribution < 1.29 is 23.4 Å². The predicted molar refractivity (Wildman–Crippen MR) is 123 cm³/mol. The first kappa shape index (κ1) is 21.3. The van der Waals surface area contributed by atoms with Crippen LogP contribution in [0.3, 0.4) is 0 Å². The second-order valence-corrected chi connectivity index (χ2v) is 7.32. The Morgan fingerprint density at radius 1 is 0.812 bits per heavy atom. The highest BCUT2D eigenvalue weighted by atomic mass is 16.5. The van der Waals surface area contributed by atoms with E-state index >= 15 is 0 Å². The Hall–Kier alpha value is -3.93. The largest absolute Gasteiger partial charge is 0.493 e. The zero-order valence-corrected chi connectivity index (χ0v) is 18.4. The van der Waals surface area contributed by atoms with Crippen LogP contribution in [-0.4, -0.2) is 21.3 Å². The van der Waals surface area contributed by atoms with Gasteiger partial charge in [-0.1, -0.05) is 29.8 Å². The number of benzene rings is 3. The van der Waals surface area contributed by atoms with E-state index in [1.165, 1.54) is 33.0 Å². The van der Waals surface area contributed by atoms with Crippen LogP contribution < -0.4 is 24.4 Å². The van der Waals surface area contributed by atoms with Crippen molar-refractivity contribution >= 4 is 11.0 Å². The molecule has 3 aromatic carbocycles. The van der Waals surface area contributed by atoms with Crippen LogP contribution in [0.5, 0.6) is 23.0 Å². The van der Waals surface area contributed by atoms with Gasteiger partial charge in [0.2, 0.25) is 5.75 Å². The summed E-state index contributed by atoms with van der Waals surface area (Å²) in [6.45, 7) is 2.46. The van der Waals surface area contributed by atoms with Gasteiger partial charge in [-0.15, -0.1) is 0 Å². The van der Waals surface area contributed by atoms with Crippen LogP contribution in [0.2, 0.25) is 0 Å². The van der Waals surface area contributed by atoms with E-state index in [1.54, 1.807) is 30.3 Å². The van der Waals surface area contributed by atoms with E-state index in [0.717, 1.165) is 5.56 Å². The molecule has 0 spiro atoms. The van der Waals surface area contributed by atoms with E-state index in [2.05, 4.69) is 0 Å². The smallest absolute Gasteiger partial charge is 0.203 e. The zero-order valence-electron chi connectivity index (χ0n) is 18.4. The molecule has 1 heterocycles. The first-order chi connectivity index (χ1) is 15.5. The number of hydrogen-bond acceptors (Lipinski definition) is 6. The van der Waals surface area contributed by atoms with Crippen molar-refractivity contribution in [2.45, 2.75) is 13.5 Å². The second-order valence-electron chi connectivity index (χ2n) is 7.32. The van der Waals surface area contributed by atoms with Gasteiger partial charge in [-0.3, -0.25) is 4.79 Å². The number of methoxy groups -OCH3 is 3. The number of ether oxygens (including phenoxy) is 4. The van der Waals surface area contributed by atoms with Gasteiger partial charge in [0, 0.05) is 11.6 Å². The van der Waals surface area contributed by atoms with Crippen molar-refractivity contribution in [2.24, 2.45) is 0 Å². The Kier molecular flexibility index (Phi) is 6.03. The fourth-order valence-electron chi connectivity index (χ4n) is 3.44. The zero-order chi connectivity index (χ0) is 22.7. The van der Waals surface area contributed by atoms with Gasteiger partial charge < -0.3 is 23.4 Å². The van der Waals surface area contributed by atoms with Gasteiger partial charge in [-0.2, -0.15) is 0 Å². The molecule has 32 heavy (non-hydrogen) atoms. The highest BCUT2D eigenvalue weighted by Gasteiger charge is 2.16. The molecule has 4 rings (SSSR count). The van der Waals surface area contributed by atoms with E-state index in [0.29, 0.717) is 51.9 Å². The molecule has 0 amide bonds. The molecule has 0 unspecified atom stereocenters. The van der Waals surface area contributed by atoms with Gasteiger partial charge in [0.1, 0.15) is 23.7 Å². The Labute approximate surface area is 185 Å². The lowest BCUT2D eigenvalue weighted by Crippen LogP contribution is -2.02. The fourth-order valence-corrected chi connectivity index (χ4v) is 3.44. The maximum atomic E-state index is 12.9. The number of fused-ring (bicyclic) bond motifs is 1. The summed E-state index contributed by atoms with van der Waals surface area (Å²) in [5.74, 6) is 2.42. The third kappa shape index (κ3) is 4.25. The monoisotopic (exact) mass is 432 g/mol. The Morgan fingerprint density at radius 3 is 2.12 bits per heavy atom. The number of hydrogen-bond donors (Lipinski definition) is 0. The van der Waals surface area contributed by atoms with Crippen molar-refractivity contribution in [3.63, 3.8) is 0 Å². The van der Waals surface area contributed by atoms with Crippen LogP contribution >= 0.6 is 0 Å². The minimum Gasteiger partial charge on any atom is -0.493 e. The van der Waals surface area contributed by atoms with Crippen LogP contribution in [0.4, 0.5) is 0 Å². The molecule has 1 aromatic heterocycles. The summed E-state index contributed by atoms with van der Waals surface area (Å²) in [6.07, 6.45) is 0. The molecule has 0 radical (unpaired) electrons. The first-order valence-corrected chi connectivity index (χ1v) is 10.1. The van der Waals surface area contributed by atoms with Gasteiger partial charge in [0.15, 0.2) is 16.9 Å². The maximum absolute atomic E-state index is 12.9. The van der Waals surface area contributed by atoms with E-state index in [-0.39, 0.29) is 5.43 Å². The molecular weight excluding hydrogens is 408 g/mol. The first-order valence-electron chi connectivity index (χ1n) is 10.1. The van der Waals surface area contributed by atoms with Crippen molar-refractivity contribution in [3.05, 3.63) is 82.0 Å². The SMILES string of the molecule is COc1cc(-c2cc(=O)c3cc(OCc4ccc(C)cc4)ccc3o2)cc(OC)c1OC. The van der Waals surface area contributed by atoms with E-state index in [1.807, 2.05) is 31.2 Å². The van der Waals surface area contributed by atoms with Crippen molar-refractivity contribution in [2.75, 3.05) is 21.3 Å². The molecule has 0 bridgehead atoms. The summed E-state index contributed by atoms with van der Waals surface area (Å²) < 4.78 is 28.1. The summed E-state index contributed by atoms with van der Waals surface area (Å²) in [5, 5.41) is 0.447. The lowest BCUT2D eigenvalue weighted by Gasteiger charge is -2.14. The Morgan fingerprint density at radius 2 is 1.50 bits per heavy atom. The van der Waals surface area contributed by atoms with Crippen LogP contribution in [0.15, 0.2) is 69.9 Å². The second kappa shape index (κ2) is 9.06. The molecule has 6 heteroatoms. The highest BCUT2D eigenvalue weighted by Crippen LogP contribution is 2.41. The van der Waals surface area contributed by atoms with E-state index in [9.17, 15) is 4.79 Å². The summed E-state index contributed by atoms with van der Waals surface area (Å²) in [6, 6.07) is 18.3. The van der Waals surface area contributed by atoms with Crippen molar-refractivity contribution in [3.8, 4) is 34.3 Å². The lowest BCUT2D eigenvalue weighted by atomic mass is 10.1. The molecule has 6 nitrogen and oxygen atoms in total. The van der Waals surface area contributed by atoms with E-state index in [4.69, 9.17) is 23.4 Å². The molecule has 0 aliphatic heterocycles.